The summed E-state index contributed by atoms with van der Waals surface area (Å²) in [5.74, 6) is -1.63. The van der Waals surface area contributed by atoms with Gasteiger partial charge in [0.1, 0.15) is 12.4 Å². The van der Waals surface area contributed by atoms with Crippen LogP contribution in [0, 0.1) is 5.82 Å². The number of fused-ring (bicyclic) bond motifs is 1. The summed E-state index contributed by atoms with van der Waals surface area (Å²) in [6, 6.07) is 7.50. The van der Waals surface area contributed by atoms with Gasteiger partial charge < -0.3 is 10.3 Å². The molecule has 0 saturated carbocycles. The molecule has 6 nitrogen and oxygen atoms in total. The Morgan fingerprint density at radius 2 is 1.81 bits per heavy atom. The lowest BCUT2D eigenvalue weighted by atomic mass is 10.1. The zero-order valence-corrected chi connectivity index (χ0v) is 13.4. The molecule has 0 bridgehead atoms. The SMILES string of the molecule is O=C(Cn1c(=O)c(=O)[nH]c2cc(F)ccc21)Nc1ccccc1C(F)(F)F. The minimum atomic E-state index is -4.69. The van der Waals surface area contributed by atoms with Crippen molar-refractivity contribution in [3.63, 3.8) is 0 Å². The lowest BCUT2D eigenvalue weighted by molar-refractivity contribution is -0.137. The molecule has 3 rings (SSSR count). The van der Waals surface area contributed by atoms with E-state index in [1.54, 1.807) is 0 Å². The van der Waals surface area contributed by atoms with Gasteiger partial charge in [-0.3, -0.25) is 19.0 Å². The van der Waals surface area contributed by atoms with E-state index in [0.717, 1.165) is 28.8 Å². The number of benzene rings is 2. The predicted molar refractivity (Wildman–Crippen MR) is 88.9 cm³/mol. The maximum atomic E-state index is 13.3. The standard InChI is InChI=1S/C17H11F4N3O3/c18-9-5-6-13-12(7-9)23-15(26)16(27)24(13)8-14(25)22-11-4-2-1-3-10(11)17(19,20)21/h1-7H,8H2,(H,22,25)(H,23,26). The van der Waals surface area contributed by atoms with Gasteiger partial charge in [0.2, 0.25) is 5.91 Å². The fourth-order valence-electron chi connectivity index (χ4n) is 2.58. The quantitative estimate of drug-likeness (QED) is 0.540. The molecule has 0 unspecified atom stereocenters. The second-order valence-corrected chi connectivity index (χ2v) is 5.60. The molecule has 0 radical (unpaired) electrons. The summed E-state index contributed by atoms with van der Waals surface area (Å²) in [4.78, 5) is 38.1. The highest BCUT2D eigenvalue weighted by molar-refractivity contribution is 5.92. The van der Waals surface area contributed by atoms with E-state index in [4.69, 9.17) is 0 Å². The second kappa shape index (κ2) is 6.71. The normalized spacial score (nSPS) is 11.6. The van der Waals surface area contributed by atoms with Gasteiger partial charge in [0.25, 0.3) is 0 Å². The van der Waals surface area contributed by atoms with E-state index in [1.807, 2.05) is 0 Å². The zero-order chi connectivity index (χ0) is 19.8. The fraction of sp³-hybridized carbons (Fsp3) is 0.118. The molecule has 0 aliphatic carbocycles. The Labute approximate surface area is 148 Å². The molecule has 3 aromatic rings. The summed E-state index contributed by atoms with van der Waals surface area (Å²) in [5.41, 5.74) is -3.68. The fourth-order valence-corrected chi connectivity index (χ4v) is 2.58. The number of carbonyl (C=O) groups is 1. The molecular formula is C17H11F4N3O3. The number of nitrogens with zero attached hydrogens (tertiary/aromatic N) is 1. The number of aromatic nitrogens is 2. The van der Waals surface area contributed by atoms with E-state index in [-0.39, 0.29) is 11.0 Å². The average Bonchev–Trinajstić information content (AvgIpc) is 2.58. The van der Waals surface area contributed by atoms with E-state index in [9.17, 15) is 31.9 Å². The molecular weight excluding hydrogens is 370 g/mol. The van der Waals surface area contributed by atoms with Crippen molar-refractivity contribution < 1.29 is 22.4 Å². The van der Waals surface area contributed by atoms with Crippen molar-refractivity contribution in [3.05, 3.63) is 74.6 Å². The van der Waals surface area contributed by atoms with Gasteiger partial charge in [0.15, 0.2) is 0 Å². The largest absolute Gasteiger partial charge is 0.418 e. The van der Waals surface area contributed by atoms with Gasteiger partial charge in [-0.15, -0.1) is 0 Å². The van der Waals surface area contributed by atoms with Crippen LogP contribution in [-0.2, 0) is 17.5 Å². The minimum Gasteiger partial charge on any atom is -0.324 e. The first-order chi connectivity index (χ1) is 12.7. The highest BCUT2D eigenvalue weighted by Gasteiger charge is 2.33. The molecule has 140 valence electrons. The number of aromatic amines is 1. The Kier molecular flexibility index (Phi) is 4.56. The third-order valence-electron chi connectivity index (χ3n) is 3.75. The van der Waals surface area contributed by atoms with Crippen molar-refractivity contribution in [2.75, 3.05) is 5.32 Å². The molecule has 10 heteroatoms. The highest BCUT2D eigenvalue weighted by Crippen LogP contribution is 2.34. The van der Waals surface area contributed by atoms with Gasteiger partial charge in [-0.2, -0.15) is 13.2 Å². The maximum Gasteiger partial charge on any atom is 0.418 e. The average molecular weight is 381 g/mol. The minimum absolute atomic E-state index is 0.0249. The third kappa shape index (κ3) is 3.73. The maximum absolute atomic E-state index is 13.3. The molecule has 0 atom stereocenters. The number of hydrogen-bond donors (Lipinski definition) is 2. The Hall–Kier alpha value is -3.43. The van der Waals surface area contributed by atoms with E-state index < -0.39 is 46.8 Å². The summed E-state index contributed by atoms with van der Waals surface area (Å²) >= 11 is 0. The van der Waals surface area contributed by atoms with Crippen molar-refractivity contribution >= 4 is 22.6 Å². The van der Waals surface area contributed by atoms with E-state index in [2.05, 4.69) is 10.3 Å². The van der Waals surface area contributed by atoms with Crippen LogP contribution in [0.2, 0.25) is 0 Å². The number of halogens is 4. The van der Waals surface area contributed by atoms with Crippen LogP contribution in [0.4, 0.5) is 23.2 Å². The van der Waals surface area contributed by atoms with Gasteiger partial charge in [0, 0.05) is 0 Å². The molecule has 1 aromatic heterocycles. The van der Waals surface area contributed by atoms with Crippen molar-refractivity contribution in [1.82, 2.24) is 9.55 Å². The van der Waals surface area contributed by atoms with E-state index >= 15 is 0 Å². The summed E-state index contributed by atoms with van der Waals surface area (Å²) in [6.07, 6.45) is -4.69. The number of amides is 1. The Balaban J connectivity index is 1.98. The monoisotopic (exact) mass is 381 g/mol. The molecule has 1 amide bonds. The number of para-hydroxylation sites is 1. The number of nitrogens with one attached hydrogen (secondary N) is 2. The molecule has 0 saturated heterocycles. The van der Waals surface area contributed by atoms with Gasteiger partial charge in [-0.1, -0.05) is 12.1 Å². The van der Waals surface area contributed by atoms with Crippen molar-refractivity contribution in [1.29, 1.82) is 0 Å². The van der Waals surface area contributed by atoms with Crippen LogP contribution < -0.4 is 16.4 Å². The molecule has 2 aromatic carbocycles. The van der Waals surface area contributed by atoms with Crippen LogP contribution in [0.1, 0.15) is 5.56 Å². The van der Waals surface area contributed by atoms with Crippen LogP contribution >= 0.6 is 0 Å². The van der Waals surface area contributed by atoms with Crippen LogP contribution in [-0.4, -0.2) is 15.5 Å². The first-order valence-corrected chi connectivity index (χ1v) is 7.55. The number of hydrogen-bond acceptors (Lipinski definition) is 3. The number of rotatable bonds is 3. The van der Waals surface area contributed by atoms with Crippen LogP contribution in [0.15, 0.2) is 52.1 Å². The summed E-state index contributed by atoms with van der Waals surface area (Å²) in [7, 11) is 0. The van der Waals surface area contributed by atoms with Crippen LogP contribution in [0.5, 0.6) is 0 Å². The van der Waals surface area contributed by atoms with Gasteiger partial charge in [-0.25, -0.2) is 4.39 Å². The van der Waals surface area contributed by atoms with Crippen LogP contribution in [0.25, 0.3) is 11.0 Å². The number of H-pyrrole nitrogens is 1. The Morgan fingerprint density at radius 1 is 1.11 bits per heavy atom. The highest BCUT2D eigenvalue weighted by atomic mass is 19.4. The lowest BCUT2D eigenvalue weighted by Crippen LogP contribution is -2.39. The van der Waals surface area contributed by atoms with Crippen molar-refractivity contribution in [3.8, 4) is 0 Å². The second-order valence-electron chi connectivity index (χ2n) is 5.60. The number of alkyl halides is 3. The first-order valence-electron chi connectivity index (χ1n) is 7.55. The molecule has 27 heavy (non-hydrogen) atoms. The topological polar surface area (TPSA) is 84.0 Å². The number of anilines is 1. The zero-order valence-electron chi connectivity index (χ0n) is 13.4. The third-order valence-corrected chi connectivity index (χ3v) is 3.75. The summed E-state index contributed by atoms with van der Waals surface area (Å²) < 4.78 is 53.1. The molecule has 0 aliphatic rings. The summed E-state index contributed by atoms with van der Waals surface area (Å²) in [6.45, 7) is -0.725. The van der Waals surface area contributed by atoms with Crippen LogP contribution in [0.3, 0.4) is 0 Å². The van der Waals surface area contributed by atoms with Gasteiger partial charge in [-0.05, 0) is 30.3 Å². The number of carbonyl (C=O) groups excluding carboxylic acids is 1. The Bertz CT molecular complexity index is 1150. The molecule has 1 heterocycles. The van der Waals surface area contributed by atoms with Crippen molar-refractivity contribution in [2.24, 2.45) is 0 Å². The first kappa shape index (κ1) is 18.4. The Morgan fingerprint density at radius 3 is 2.52 bits per heavy atom. The van der Waals surface area contributed by atoms with Crippen molar-refractivity contribution in [2.45, 2.75) is 12.7 Å². The molecule has 0 aliphatic heterocycles. The van der Waals surface area contributed by atoms with Gasteiger partial charge in [0.05, 0.1) is 22.3 Å². The van der Waals surface area contributed by atoms with E-state index in [0.29, 0.717) is 0 Å². The van der Waals surface area contributed by atoms with E-state index in [1.165, 1.54) is 18.2 Å². The molecule has 0 spiro atoms. The molecule has 0 fully saturated rings. The molecule has 2 N–H and O–H groups in total. The van der Waals surface area contributed by atoms with Gasteiger partial charge >= 0.3 is 17.3 Å². The predicted octanol–water partition coefficient (Wildman–Crippen LogP) is 2.49. The lowest BCUT2D eigenvalue weighted by Gasteiger charge is -2.14. The smallest absolute Gasteiger partial charge is 0.324 e. The summed E-state index contributed by atoms with van der Waals surface area (Å²) in [5, 5.41) is 2.08.